The average molecular weight is 452 g/mol. The van der Waals surface area contributed by atoms with Crippen LogP contribution in [0.1, 0.15) is 30.0 Å². The summed E-state index contributed by atoms with van der Waals surface area (Å²) in [5.41, 5.74) is -1.19. The molecule has 1 atom stereocenters. The topological polar surface area (TPSA) is 58.4 Å². The van der Waals surface area contributed by atoms with Crippen molar-refractivity contribution in [3.63, 3.8) is 0 Å². The lowest BCUT2D eigenvalue weighted by atomic mass is 9.87. The molecule has 0 unspecified atom stereocenters. The molecule has 0 N–H and O–H groups in total. The lowest BCUT2D eigenvalue weighted by Crippen LogP contribution is -2.60. The molecule has 0 aliphatic carbocycles. The molecule has 1 aromatic heterocycles. The Balaban J connectivity index is 1.68. The van der Waals surface area contributed by atoms with Crippen LogP contribution in [0, 0.1) is 29.3 Å². The largest absolute Gasteiger partial charge is 0.332 e. The molecule has 2 heterocycles. The fourth-order valence-corrected chi connectivity index (χ4v) is 3.73. The number of hydrogen-bond acceptors (Lipinski definition) is 3. The van der Waals surface area contributed by atoms with Crippen molar-refractivity contribution in [1.29, 1.82) is 0 Å². The van der Waals surface area contributed by atoms with Gasteiger partial charge in [0.25, 0.3) is 0 Å². The number of rotatable bonds is 2. The minimum Gasteiger partial charge on any atom is -0.317 e. The van der Waals surface area contributed by atoms with Crippen LogP contribution in [-0.4, -0.2) is 33.7 Å². The Labute approximate surface area is 188 Å². The first-order chi connectivity index (χ1) is 15.6. The molecule has 0 bridgehead atoms. The van der Waals surface area contributed by atoms with Crippen LogP contribution < -0.4 is 4.90 Å². The van der Waals surface area contributed by atoms with Gasteiger partial charge in [-0.1, -0.05) is 24.0 Å². The molecule has 0 radical (unpaired) electrons. The highest BCUT2D eigenvalue weighted by Gasteiger charge is 2.48. The molecular formula is C24H19F3N4O2. The monoisotopic (exact) mass is 452 g/mol. The van der Waals surface area contributed by atoms with Crippen LogP contribution in [0.25, 0.3) is 0 Å². The quantitative estimate of drug-likeness (QED) is 0.554. The van der Waals surface area contributed by atoms with Crippen LogP contribution >= 0.6 is 0 Å². The number of aromatic nitrogens is 2. The molecule has 6 nitrogen and oxygen atoms in total. The Bertz CT molecular complexity index is 1320. The maximum atomic E-state index is 14.9. The second-order valence-corrected chi connectivity index (χ2v) is 7.94. The Kier molecular flexibility index (Phi) is 5.46. The number of imide groups is 1. The van der Waals surface area contributed by atoms with Gasteiger partial charge < -0.3 is 4.90 Å². The molecule has 1 aliphatic heterocycles. The third-order valence-corrected chi connectivity index (χ3v) is 5.75. The molecule has 1 fully saturated rings. The summed E-state index contributed by atoms with van der Waals surface area (Å²) in [4.78, 5) is 27.8. The molecule has 0 saturated carbocycles. The van der Waals surface area contributed by atoms with E-state index in [2.05, 4.69) is 16.9 Å². The van der Waals surface area contributed by atoms with Gasteiger partial charge in [-0.15, -0.1) is 0 Å². The molecule has 0 spiro atoms. The zero-order valence-corrected chi connectivity index (χ0v) is 18.1. The van der Waals surface area contributed by atoms with Crippen molar-refractivity contribution in [3.05, 3.63) is 82.9 Å². The number of benzene rings is 2. The van der Waals surface area contributed by atoms with E-state index in [1.54, 1.807) is 26.2 Å². The number of hydrogen-bond donors (Lipinski definition) is 0. The number of halogens is 3. The first kappa shape index (κ1) is 22.1. The summed E-state index contributed by atoms with van der Waals surface area (Å²) in [6.45, 7) is 1.69. The molecule has 2 aromatic carbocycles. The highest BCUT2D eigenvalue weighted by Crippen LogP contribution is 2.38. The maximum absolute atomic E-state index is 14.9. The minimum absolute atomic E-state index is 0.0672. The fourth-order valence-electron chi connectivity index (χ4n) is 3.73. The number of aryl methyl sites for hydroxylation is 1. The standard InChI is InChI=1S/C24H19F3N4O2/c1-24(17-13-28-29(2)14-17)12-21(32)31(23(33)30(24)3)22-19(26)10-15(11-20(22)27)8-9-16-6-4-5-7-18(16)25/h4-7,10-11,13-14H,12H2,1-3H3/t24-/m0/s1. The van der Waals surface area contributed by atoms with Crippen molar-refractivity contribution in [2.45, 2.75) is 18.9 Å². The van der Waals surface area contributed by atoms with Crippen molar-refractivity contribution < 1.29 is 22.8 Å². The second kappa shape index (κ2) is 8.13. The van der Waals surface area contributed by atoms with Crippen LogP contribution in [0.3, 0.4) is 0 Å². The van der Waals surface area contributed by atoms with Crippen molar-refractivity contribution >= 4 is 17.6 Å². The van der Waals surface area contributed by atoms with Crippen LogP contribution in [0.15, 0.2) is 48.8 Å². The van der Waals surface area contributed by atoms with Gasteiger partial charge >= 0.3 is 6.03 Å². The zero-order valence-electron chi connectivity index (χ0n) is 18.1. The average Bonchev–Trinajstić information content (AvgIpc) is 3.20. The van der Waals surface area contributed by atoms with E-state index < -0.39 is 40.6 Å². The van der Waals surface area contributed by atoms with E-state index in [0.717, 1.165) is 12.1 Å². The molecule has 168 valence electrons. The summed E-state index contributed by atoms with van der Waals surface area (Å²) in [5.74, 6) is 1.44. The molecule has 4 rings (SSSR count). The summed E-state index contributed by atoms with van der Waals surface area (Å²) in [7, 11) is 3.16. The predicted molar refractivity (Wildman–Crippen MR) is 115 cm³/mol. The Morgan fingerprint density at radius 1 is 1.00 bits per heavy atom. The molecule has 33 heavy (non-hydrogen) atoms. The van der Waals surface area contributed by atoms with E-state index in [4.69, 9.17) is 0 Å². The highest BCUT2D eigenvalue weighted by atomic mass is 19.1. The van der Waals surface area contributed by atoms with Gasteiger partial charge in [-0.3, -0.25) is 9.48 Å². The summed E-state index contributed by atoms with van der Waals surface area (Å²) < 4.78 is 45.1. The number of carbonyl (C=O) groups excluding carboxylic acids is 2. The summed E-state index contributed by atoms with van der Waals surface area (Å²) >= 11 is 0. The smallest absolute Gasteiger partial charge is 0.317 e. The maximum Gasteiger partial charge on any atom is 0.332 e. The first-order valence-electron chi connectivity index (χ1n) is 9.97. The van der Waals surface area contributed by atoms with E-state index in [1.165, 1.54) is 41.0 Å². The third kappa shape index (κ3) is 3.84. The summed E-state index contributed by atoms with van der Waals surface area (Å²) in [6, 6.07) is 6.67. The lowest BCUT2D eigenvalue weighted by Gasteiger charge is -2.45. The molecule has 9 heteroatoms. The summed E-state index contributed by atoms with van der Waals surface area (Å²) in [6.07, 6.45) is 3.02. The lowest BCUT2D eigenvalue weighted by molar-refractivity contribution is -0.122. The Morgan fingerprint density at radius 2 is 1.67 bits per heavy atom. The minimum atomic E-state index is -1.13. The Morgan fingerprint density at radius 3 is 2.27 bits per heavy atom. The Hall–Kier alpha value is -4.06. The number of anilines is 1. The van der Waals surface area contributed by atoms with Gasteiger partial charge in [0.15, 0.2) is 11.6 Å². The van der Waals surface area contributed by atoms with Crippen molar-refractivity contribution in [3.8, 4) is 11.8 Å². The molecule has 1 saturated heterocycles. The van der Waals surface area contributed by atoms with E-state index in [0.29, 0.717) is 10.5 Å². The van der Waals surface area contributed by atoms with Gasteiger partial charge in [-0.2, -0.15) is 5.10 Å². The number of urea groups is 1. The molecule has 3 aromatic rings. The van der Waals surface area contributed by atoms with E-state index in [9.17, 15) is 22.8 Å². The molecular weight excluding hydrogens is 433 g/mol. The van der Waals surface area contributed by atoms with Gasteiger partial charge in [-0.05, 0) is 31.2 Å². The SMILES string of the molecule is CN1C(=O)N(c2c(F)cc(C#Cc3ccccc3F)cc2F)C(=O)C[C@@]1(C)c1cnn(C)c1. The van der Waals surface area contributed by atoms with Crippen molar-refractivity contribution in [1.82, 2.24) is 14.7 Å². The first-order valence-corrected chi connectivity index (χ1v) is 9.97. The summed E-state index contributed by atoms with van der Waals surface area (Å²) in [5, 5.41) is 4.08. The van der Waals surface area contributed by atoms with Crippen molar-refractivity contribution in [2.24, 2.45) is 7.05 Å². The van der Waals surface area contributed by atoms with Gasteiger partial charge in [0.2, 0.25) is 5.91 Å². The zero-order chi connectivity index (χ0) is 23.9. The predicted octanol–water partition coefficient (Wildman–Crippen LogP) is 3.94. The van der Waals surface area contributed by atoms with Crippen molar-refractivity contribution in [2.75, 3.05) is 11.9 Å². The number of carbonyl (C=O) groups is 2. The van der Waals surface area contributed by atoms with Crippen LogP contribution in [0.5, 0.6) is 0 Å². The van der Waals surface area contributed by atoms with E-state index >= 15 is 0 Å². The van der Waals surface area contributed by atoms with Crippen LogP contribution in [0.4, 0.5) is 23.7 Å². The third-order valence-electron chi connectivity index (χ3n) is 5.75. The van der Waals surface area contributed by atoms with Gasteiger partial charge in [0.05, 0.1) is 23.7 Å². The highest BCUT2D eigenvalue weighted by molar-refractivity contribution is 6.16. The molecule has 3 amide bonds. The normalized spacial score (nSPS) is 18.4. The van der Waals surface area contributed by atoms with Gasteiger partial charge in [0.1, 0.15) is 11.5 Å². The second-order valence-electron chi connectivity index (χ2n) is 7.94. The number of nitrogens with zero attached hydrogens (tertiary/aromatic N) is 4. The molecule has 1 aliphatic rings. The van der Waals surface area contributed by atoms with E-state index in [-0.39, 0.29) is 17.5 Å². The van der Waals surface area contributed by atoms with Gasteiger partial charge in [-0.25, -0.2) is 22.9 Å². The van der Waals surface area contributed by atoms with Crippen LogP contribution in [-0.2, 0) is 17.4 Å². The number of amides is 3. The van der Waals surface area contributed by atoms with E-state index in [1.807, 2.05) is 0 Å². The van der Waals surface area contributed by atoms with Gasteiger partial charge in [0, 0.05) is 31.4 Å². The fraction of sp³-hybridized carbons (Fsp3) is 0.208. The van der Waals surface area contributed by atoms with Crippen LogP contribution in [0.2, 0.25) is 0 Å².